The molecule has 0 bridgehead atoms. The molecular formula is C15H16N4O2. The molecule has 21 heavy (non-hydrogen) atoms. The first-order valence-corrected chi connectivity index (χ1v) is 7.16. The largest absolute Gasteiger partial charge is 0.450 e. The lowest BCUT2D eigenvalue weighted by atomic mass is 9.74. The summed E-state index contributed by atoms with van der Waals surface area (Å²) in [5.74, 6) is 0.684. The van der Waals surface area contributed by atoms with Gasteiger partial charge in [0, 0.05) is 35.6 Å². The zero-order valence-electron chi connectivity index (χ0n) is 11.5. The van der Waals surface area contributed by atoms with Gasteiger partial charge in [-0.3, -0.25) is 10.1 Å². The Labute approximate surface area is 121 Å². The summed E-state index contributed by atoms with van der Waals surface area (Å²) in [7, 11) is 0. The maximum absolute atomic E-state index is 12.0. The molecule has 1 aliphatic heterocycles. The molecule has 1 saturated carbocycles. The number of anilines is 1. The predicted octanol–water partition coefficient (Wildman–Crippen LogP) is 2.11. The van der Waals surface area contributed by atoms with Crippen LogP contribution < -0.4 is 5.73 Å². The van der Waals surface area contributed by atoms with Gasteiger partial charge in [0.25, 0.3) is 0 Å². The van der Waals surface area contributed by atoms with Crippen molar-refractivity contribution in [3.8, 4) is 0 Å². The number of rotatable bonds is 1. The Balaban J connectivity index is 1.59. The fourth-order valence-corrected chi connectivity index (χ4v) is 3.55. The maximum Gasteiger partial charge on any atom is 0.339 e. The molecule has 2 aromatic heterocycles. The van der Waals surface area contributed by atoms with Gasteiger partial charge in [0.05, 0.1) is 5.56 Å². The van der Waals surface area contributed by atoms with Crippen LogP contribution in [-0.4, -0.2) is 21.2 Å². The summed E-state index contributed by atoms with van der Waals surface area (Å²) in [6, 6.07) is 3.63. The lowest BCUT2D eigenvalue weighted by molar-refractivity contribution is -0.0312. The van der Waals surface area contributed by atoms with Crippen LogP contribution in [0.2, 0.25) is 0 Å². The second kappa shape index (κ2) is 4.31. The number of carbonyl (C=O) groups excluding carboxylic acids is 1. The minimum Gasteiger partial charge on any atom is -0.450 e. The number of fused-ring (bicyclic) bond motifs is 2. The van der Waals surface area contributed by atoms with Crippen LogP contribution in [0, 0.1) is 0 Å². The lowest BCUT2D eigenvalue weighted by Gasteiger charge is -2.35. The second-order valence-electron chi connectivity index (χ2n) is 5.83. The van der Waals surface area contributed by atoms with E-state index < -0.39 is 5.60 Å². The minimum atomic E-state index is -0.483. The van der Waals surface area contributed by atoms with Crippen molar-refractivity contribution in [2.75, 3.05) is 5.73 Å². The molecule has 108 valence electrons. The highest BCUT2D eigenvalue weighted by Crippen LogP contribution is 2.49. The molecule has 0 unspecified atom stereocenters. The van der Waals surface area contributed by atoms with Crippen molar-refractivity contribution in [2.24, 2.45) is 0 Å². The van der Waals surface area contributed by atoms with Gasteiger partial charge >= 0.3 is 5.97 Å². The first kappa shape index (κ1) is 12.4. The Kier molecular flexibility index (Phi) is 2.54. The van der Waals surface area contributed by atoms with E-state index in [1.54, 1.807) is 18.5 Å². The molecule has 1 fully saturated rings. The smallest absolute Gasteiger partial charge is 0.339 e. The van der Waals surface area contributed by atoms with Crippen molar-refractivity contribution in [2.45, 2.75) is 37.2 Å². The Bertz CT molecular complexity index is 701. The highest BCUT2D eigenvalue weighted by atomic mass is 16.6. The topological polar surface area (TPSA) is 93.9 Å². The molecule has 0 amide bonds. The molecule has 3 N–H and O–H groups in total. The first-order valence-electron chi connectivity index (χ1n) is 7.16. The van der Waals surface area contributed by atoms with Crippen molar-refractivity contribution >= 4 is 11.8 Å². The third-order valence-corrected chi connectivity index (χ3v) is 4.67. The number of hydrogen-bond acceptors (Lipinski definition) is 5. The number of hydrogen-bond donors (Lipinski definition) is 2. The summed E-state index contributed by atoms with van der Waals surface area (Å²) in [5, 5.41) is 6.97. The number of nitrogens with one attached hydrogen (secondary N) is 1. The summed E-state index contributed by atoms with van der Waals surface area (Å²) in [4.78, 5) is 16.2. The SMILES string of the molecule is Nc1cc(C2CCC3(CC2)OC(=O)c2ccncc23)[nH]n1. The van der Waals surface area contributed by atoms with Crippen molar-refractivity contribution in [3.63, 3.8) is 0 Å². The van der Waals surface area contributed by atoms with Crippen molar-refractivity contribution in [1.82, 2.24) is 15.2 Å². The Hall–Kier alpha value is -2.37. The maximum atomic E-state index is 12.0. The molecule has 1 aliphatic carbocycles. The number of pyridine rings is 1. The molecule has 4 rings (SSSR count). The van der Waals surface area contributed by atoms with Gasteiger partial charge in [-0.25, -0.2) is 4.79 Å². The normalized spacial score (nSPS) is 27.6. The van der Waals surface area contributed by atoms with Gasteiger partial charge in [0.15, 0.2) is 0 Å². The van der Waals surface area contributed by atoms with Gasteiger partial charge in [-0.15, -0.1) is 0 Å². The van der Waals surface area contributed by atoms with E-state index in [1.165, 1.54) is 0 Å². The summed E-state index contributed by atoms with van der Waals surface area (Å²) in [5.41, 5.74) is 7.85. The van der Waals surface area contributed by atoms with Crippen molar-refractivity contribution in [3.05, 3.63) is 41.3 Å². The molecule has 0 saturated heterocycles. The van der Waals surface area contributed by atoms with Crippen LogP contribution in [0.15, 0.2) is 24.5 Å². The molecule has 2 aromatic rings. The van der Waals surface area contributed by atoms with E-state index in [4.69, 9.17) is 10.5 Å². The van der Waals surface area contributed by atoms with Crippen LogP contribution in [0.25, 0.3) is 0 Å². The molecule has 3 heterocycles. The van der Waals surface area contributed by atoms with Gasteiger partial charge in [-0.05, 0) is 31.7 Å². The highest BCUT2D eigenvalue weighted by molar-refractivity contribution is 5.94. The zero-order chi connectivity index (χ0) is 14.4. The number of nitrogens with zero attached hydrogens (tertiary/aromatic N) is 2. The molecule has 0 aromatic carbocycles. The summed E-state index contributed by atoms with van der Waals surface area (Å²) < 4.78 is 5.72. The van der Waals surface area contributed by atoms with E-state index in [9.17, 15) is 4.79 Å². The van der Waals surface area contributed by atoms with E-state index in [0.29, 0.717) is 17.3 Å². The molecule has 0 radical (unpaired) electrons. The average Bonchev–Trinajstić information content (AvgIpc) is 3.04. The van der Waals surface area contributed by atoms with Crippen LogP contribution in [0.4, 0.5) is 5.82 Å². The van der Waals surface area contributed by atoms with Gasteiger partial charge in [0.1, 0.15) is 11.4 Å². The molecule has 6 nitrogen and oxygen atoms in total. The number of aromatic amines is 1. The summed E-state index contributed by atoms with van der Waals surface area (Å²) in [6.45, 7) is 0. The fourth-order valence-electron chi connectivity index (χ4n) is 3.55. The average molecular weight is 284 g/mol. The number of aromatic nitrogens is 3. The summed E-state index contributed by atoms with van der Waals surface area (Å²) in [6.07, 6.45) is 6.89. The van der Waals surface area contributed by atoms with Crippen LogP contribution >= 0.6 is 0 Å². The Morgan fingerprint density at radius 1 is 1.38 bits per heavy atom. The Morgan fingerprint density at radius 3 is 2.90 bits per heavy atom. The van der Waals surface area contributed by atoms with Crippen LogP contribution in [0.1, 0.15) is 53.2 Å². The third kappa shape index (κ3) is 1.82. The number of nitrogens with two attached hydrogens (primary N) is 1. The van der Waals surface area contributed by atoms with E-state index in [0.717, 1.165) is 36.9 Å². The predicted molar refractivity (Wildman–Crippen MR) is 75.5 cm³/mol. The van der Waals surface area contributed by atoms with Crippen LogP contribution in [0.5, 0.6) is 0 Å². The molecular weight excluding hydrogens is 268 g/mol. The van der Waals surface area contributed by atoms with E-state index in [-0.39, 0.29) is 5.97 Å². The minimum absolute atomic E-state index is 0.225. The summed E-state index contributed by atoms with van der Waals surface area (Å²) >= 11 is 0. The van der Waals surface area contributed by atoms with Gasteiger partial charge < -0.3 is 10.5 Å². The lowest BCUT2D eigenvalue weighted by Crippen LogP contribution is -2.31. The first-order chi connectivity index (χ1) is 10.2. The fraction of sp³-hybridized carbons (Fsp3) is 0.400. The number of nitrogen functional groups attached to an aromatic ring is 1. The highest BCUT2D eigenvalue weighted by Gasteiger charge is 2.48. The van der Waals surface area contributed by atoms with E-state index >= 15 is 0 Å². The monoisotopic (exact) mass is 284 g/mol. The van der Waals surface area contributed by atoms with E-state index in [1.807, 2.05) is 6.07 Å². The van der Waals surface area contributed by atoms with Crippen molar-refractivity contribution in [1.29, 1.82) is 0 Å². The van der Waals surface area contributed by atoms with Gasteiger partial charge in [-0.2, -0.15) is 5.10 Å². The third-order valence-electron chi connectivity index (χ3n) is 4.67. The standard InChI is InChI=1S/C15H16N4O2/c16-13-7-12(18-19-13)9-1-4-15(5-2-9)11-8-17-6-3-10(11)14(20)21-15/h3,6-9H,1-2,4-5H2,(H3,16,18,19). The number of H-pyrrole nitrogens is 1. The zero-order valence-corrected chi connectivity index (χ0v) is 11.5. The van der Waals surface area contributed by atoms with E-state index in [2.05, 4.69) is 15.2 Å². The van der Waals surface area contributed by atoms with Crippen LogP contribution in [-0.2, 0) is 10.3 Å². The van der Waals surface area contributed by atoms with Crippen LogP contribution in [0.3, 0.4) is 0 Å². The number of ether oxygens (including phenoxy) is 1. The molecule has 2 aliphatic rings. The molecule has 6 heteroatoms. The second-order valence-corrected chi connectivity index (χ2v) is 5.83. The Morgan fingerprint density at radius 2 is 2.19 bits per heavy atom. The number of esters is 1. The quantitative estimate of drug-likeness (QED) is 0.782. The van der Waals surface area contributed by atoms with Crippen molar-refractivity contribution < 1.29 is 9.53 Å². The molecule has 1 spiro atoms. The number of carbonyl (C=O) groups is 1. The van der Waals surface area contributed by atoms with Gasteiger partial charge in [-0.1, -0.05) is 0 Å². The molecule has 0 atom stereocenters. The van der Waals surface area contributed by atoms with Gasteiger partial charge in [0.2, 0.25) is 0 Å².